The van der Waals surface area contributed by atoms with Gasteiger partial charge in [-0.3, -0.25) is 0 Å². The first-order valence-corrected chi connectivity index (χ1v) is 16.2. The van der Waals surface area contributed by atoms with E-state index in [0.29, 0.717) is 17.5 Å². The van der Waals surface area contributed by atoms with Gasteiger partial charge in [-0.05, 0) is 60.6 Å². The second-order valence-electron chi connectivity index (χ2n) is 12.0. The highest BCUT2D eigenvalue weighted by molar-refractivity contribution is 6.06. The molecule has 0 amide bonds. The van der Waals surface area contributed by atoms with Gasteiger partial charge in [-0.1, -0.05) is 170 Å². The van der Waals surface area contributed by atoms with E-state index in [9.17, 15) is 0 Å². The summed E-state index contributed by atoms with van der Waals surface area (Å²) in [6, 6.07) is 61.7. The van der Waals surface area contributed by atoms with Crippen LogP contribution < -0.4 is 0 Å². The molecule has 0 aliphatic carbocycles. The van der Waals surface area contributed by atoms with Crippen LogP contribution in [0.15, 0.2) is 176 Å². The molecule has 1 heterocycles. The summed E-state index contributed by atoms with van der Waals surface area (Å²) < 4.78 is 0. The summed E-state index contributed by atoms with van der Waals surface area (Å²) in [5.41, 5.74) is 7.64. The molecule has 0 aliphatic rings. The molecule has 0 N–H and O–H groups in total. The first-order valence-electron chi connectivity index (χ1n) is 16.2. The van der Waals surface area contributed by atoms with Gasteiger partial charge in [0.1, 0.15) is 0 Å². The van der Waals surface area contributed by atoms with Crippen molar-refractivity contribution in [3.8, 4) is 56.4 Å². The van der Waals surface area contributed by atoms with Gasteiger partial charge in [0.05, 0.1) is 0 Å². The van der Waals surface area contributed by atoms with Crippen molar-refractivity contribution in [3.05, 3.63) is 176 Å². The van der Waals surface area contributed by atoms with Gasteiger partial charge in [-0.25, -0.2) is 15.0 Å². The van der Waals surface area contributed by atoms with Crippen molar-refractivity contribution in [2.45, 2.75) is 0 Å². The van der Waals surface area contributed by atoms with E-state index in [-0.39, 0.29) is 0 Å². The Morgan fingerprint density at radius 2 is 0.688 bits per heavy atom. The molecule has 0 saturated heterocycles. The van der Waals surface area contributed by atoms with Crippen LogP contribution in [0.3, 0.4) is 0 Å². The van der Waals surface area contributed by atoms with Crippen LogP contribution >= 0.6 is 0 Å². The number of hydrogen-bond donors (Lipinski definition) is 0. The standard InChI is InChI=1S/C45H29N3/c1-2-11-30(12-3-1)31-23-25-34(26-24-31)43-46-44(48-45(47-43)42-22-9-16-33-14-5-7-19-38(33)42)36-27-28-39-35(29-36)17-10-21-41(39)40-20-8-15-32-13-4-6-18-37(32)40/h1-29H. The largest absolute Gasteiger partial charge is 0.208 e. The van der Waals surface area contributed by atoms with Gasteiger partial charge in [0.2, 0.25) is 0 Å². The van der Waals surface area contributed by atoms with Crippen molar-refractivity contribution in [2.75, 3.05) is 0 Å². The number of benzene rings is 8. The van der Waals surface area contributed by atoms with E-state index in [2.05, 4.69) is 170 Å². The van der Waals surface area contributed by atoms with E-state index < -0.39 is 0 Å². The maximum absolute atomic E-state index is 5.12. The minimum absolute atomic E-state index is 0.646. The van der Waals surface area contributed by atoms with Gasteiger partial charge in [-0.15, -0.1) is 0 Å². The van der Waals surface area contributed by atoms with Gasteiger partial charge in [-0.2, -0.15) is 0 Å². The second-order valence-corrected chi connectivity index (χ2v) is 12.0. The van der Waals surface area contributed by atoms with Gasteiger partial charge in [0.15, 0.2) is 17.5 Å². The van der Waals surface area contributed by atoms with E-state index >= 15 is 0 Å². The molecule has 0 atom stereocenters. The summed E-state index contributed by atoms with van der Waals surface area (Å²) in [4.78, 5) is 15.3. The van der Waals surface area contributed by atoms with E-state index in [4.69, 9.17) is 15.0 Å². The summed E-state index contributed by atoms with van der Waals surface area (Å²) in [6.07, 6.45) is 0. The summed E-state index contributed by atoms with van der Waals surface area (Å²) >= 11 is 0. The fraction of sp³-hybridized carbons (Fsp3) is 0. The van der Waals surface area contributed by atoms with Crippen molar-refractivity contribution in [2.24, 2.45) is 0 Å². The Morgan fingerprint density at radius 1 is 0.250 bits per heavy atom. The zero-order valence-electron chi connectivity index (χ0n) is 26.1. The molecule has 8 aromatic carbocycles. The van der Waals surface area contributed by atoms with E-state index in [1.807, 2.05) is 6.07 Å². The fourth-order valence-electron chi connectivity index (χ4n) is 6.74. The van der Waals surface area contributed by atoms with E-state index in [1.54, 1.807) is 0 Å². The topological polar surface area (TPSA) is 38.7 Å². The van der Waals surface area contributed by atoms with Crippen molar-refractivity contribution < 1.29 is 0 Å². The third-order valence-electron chi connectivity index (χ3n) is 9.13. The Hall–Kier alpha value is -6.45. The fourth-order valence-corrected chi connectivity index (χ4v) is 6.74. The lowest BCUT2D eigenvalue weighted by Crippen LogP contribution is -2.00. The lowest BCUT2D eigenvalue weighted by atomic mass is 9.93. The van der Waals surface area contributed by atoms with Crippen LogP contribution in [0.2, 0.25) is 0 Å². The summed E-state index contributed by atoms with van der Waals surface area (Å²) in [7, 11) is 0. The minimum atomic E-state index is 0.646. The molecule has 0 bridgehead atoms. The third kappa shape index (κ3) is 4.99. The Morgan fingerprint density at radius 3 is 1.38 bits per heavy atom. The first-order chi connectivity index (χ1) is 23.8. The molecule has 0 aliphatic heterocycles. The van der Waals surface area contributed by atoms with Gasteiger partial charge >= 0.3 is 0 Å². The number of rotatable bonds is 5. The molecule has 0 saturated carbocycles. The first kappa shape index (κ1) is 27.8. The Bertz CT molecular complexity index is 2600. The number of aromatic nitrogens is 3. The zero-order valence-corrected chi connectivity index (χ0v) is 26.1. The molecule has 9 aromatic rings. The highest BCUT2D eigenvalue weighted by Gasteiger charge is 2.16. The van der Waals surface area contributed by atoms with Crippen molar-refractivity contribution >= 4 is 32.3 Å². The van der Waals surface area contributed by atoms with Crippen LogP contribution in [0, 0.1) is 0 Å². The third-order valence-corrected chi connectivity index (χ3v) is 9.13. The monoisotopic (exact) mass is 611 g/mol. The summed E-state index contributed by atoms with van der Waals surface area (Å²) in [5, 5.41) is 7.07. The normalized spacial score (nSPS) is 11.3. The molecule has 9 rings (SSSR count). The molecule has 224 valence electrons. The highest BCUT2D eigenvalue weighted by atomic mass is 15.0. The molecule has 3 nitrogen and oxygen atoms in total. The Labute approximate surface area is 278 Å². The van der Waals surface area contributed by atoms with Crippen LogP contribution in [0.5, 0.6) is 0 Å². The number of hydrogen-bond acceptors (Lipinski definition) is 3. The van der Waals surface area contributed by atoms with Crippen molar-refractivity contribution in [1.29, 1.82) is 0 Å². The number of fused-ring (bicyclic) bond motifs is 3. The van der Waals surface area contributed by atoms with E-state index in [1.165, 1.54) is 32.8 Å². The molecular formula is C45H29N3. The van der Waals surface area contributed by atoms with Gasteiger partial charge in [0.25, 0.3) is 0 Å². The smallest absolute Gasteiger partial charge is 0.164 e. The van der Waals surface area contributed by atoms with Gasteiger partial charge < -0.3 is 0 Å². The average molecular weight is 612 g/mol. The predicted octanol–water partition coefficient (Wildman–Crippen LogP) is 11.7. The Balaban J connectivity index is 1.20. The van der Waals surface area contributed by atoms with Gasteiger partial charge in [0, 0.05) is 16.7 Å². The maximum atomic E-state index is 5.12. The molecular weight excluding hydrogens is 583 g/mol. The van der Waals surface area contributed by atoms with Crippen molar-refractivity contribution in [3.63, 3.8) is 0 Å². The van der Waals surface area contributed by atoms with Crippen LogP contribution in [0.25, 0.3) is 88.7 Å². The second kappa shape index (κ2) is 11.7. The highest BCUT2D eigenvalue weighted by Crippen LogP contribution is 2.36. The van der Waals surface area contributed by atoms with E-state index in [0.717, 1.165) is 38.4 Å². The number of nitrogens with zero attached hydrogens (tertiary/aromatic N) is 3. The Kier molecular flexibility index (Phi) is 6.80. The molecule has 0 unspecified atom stereocenters. The molecule has 0 radical (unpaired) electrons. The average Bonchev–Trinajstić information content (AvgIpc) is 3.17. The molecule has 48 heavy (non-hydrogen) atoms. The van der Waals surface area contributed by atoms with Crippen LogP contribution in [0.4, 0.5) is 0 Å². The molecule has 0 fully saturated rings. The zero-order chi connectivity index (χ0) is 31.9. The molecule has 3 heteroatoms. The van der Waals surface area contributed by atoms with Crippen molar-refractivity contribution in [1.82, 2.24) is 15.0 Å². The predicted molar refractivity (Wildman–Crippen MR) is 200 cm³/mol. The quantitative estimate of drug-likeness (QED) is 0.194. The van der Waals surface area contributed by atoms with Crippen LogP contribution in [-0.4, -0.2) is 15.0 Å². The molecule has 0 spiro atoms. The SMILES string of the molecule is c1ccc(-c2ccc(-c3nc(-c4ccc5c(-c6cccc7ccccc67)cccc5c4)nc(-c4cccc5ccccc45)n3)cc2)cc1. The van der Waals surface area contributed by atoms with Crippen LogP contribution in [0.1, 0.15) is 0 Å². The lowest BCUT2D eigenvalue weighted by molar-refractivity contribution is 1.08. The minimum Gasteiger partial charge on any atom is -0.208 e. The maximum Gasteiger partial charge on any atom is 0.164 e. The summed E-state index contributed by atoms with van der Waals surface area (Å²) in [5.74, 6) is 1.95. The lowest BCUT2D eigenvalue weighted by Gasteiger charge is -2.13. The molecule has 1 aromatic heterocycles. The summed E-state index contributed by atoms with van der Waals surface area (Å²) in [6.45, 7) is 0. The van der Waals surface area contributed by atoms with Crippen LogP contribution in [-0.2, 0) is 0 Å².